The highest BCUT2D eigenvalue weighted by atomic mass is 16.5. The van der Waals surface area contributed by atoms with Gasteiger partial charge in [-0.15, -0.1) is 0 Å². The number of methoxy groups -OCH3 is 1. The zero-order chi connectivity index (χ0) is 13.0. The zero-order valence-corrected chi connectivity index (χ0v) is 10.4. The van der Waals surface area contributed by atoms with Gasteiger partial charge in [0.2, 0.25) is 0 Å². The molecule has 3 nitrogen and oxygen atoms in total. The largest absolute Gasteiger partial charge is 0.496 e. The summed E-state index contributed by atoms with van der Waals surface area (Å²) in [6.07, 6.45) is 0. The highest BCUT2D eigenvalue weighted by Gasteiger charge is 2.03. The SMILES string of the molecule is COc1ccc(Nc2ccccc2C#N)cc1C. The van der Waals surface area contributed by atoms with Gasteiger partial charge in [-0.25, -0.2) is 0 Å². The van der Waals surface area contributed by atoms with Crippen LogP contribution in [0.25, 0.3) is 0 Å². The molecule has 0 spiro atoms. The summed E-state index contributed by atoms with van der Waals surface area (Å²) in [5, 5.41) is 12.3. The normalized spacial score (nSPS) is 9.61. The van der Waals surface area contributed by atoms with E-state index in [-0.39, 0.29) is 0 Å². The van der Waals surface area contributed by atoms with Crippen LogP contribution in [0.2, 0.25) is 0 Å². The molecular weight excluding hydrogens is 224 g/mol. The third kappa shape index (κ3) is 2.44. The van der Waals surface area contributed by atoms with Crippen LogP contribution in [0.4, 0.5) is 11.4 Å². The summed E-state index contributed by atoms with van der Waals surface area (Å²) in [5.74, 6) is 0.856. The number of hydrogen-bond donors (Lipinski definition) is 1. The molecule has 0 saturated carbocycles. The molecule has 0 amide bonds. The number of rotatable bonds is 3. The Morgan fingerprint density at radius 2 is 1.94 bits per heavy atom. The maximum atomic E-state index is 9.02. The van der Waals surface area contributed by atoms with Crippen LogP contribution in [0, 0.1) is 18.3 Å². The van der Waals surface area contributed by atoms with E-state index < -0.39 is 0 Å². The predicted octanol–water partition coefficient (Wildman–Crippen LogP) is 3.62. The van der Waals surface area contributed by atoms with Gasteiger partial charge >= 0.3 is 0 Å². The number of nitrogens with zero attached hydrogens (tertiary/aromatic N) is 1. The maximum absolute atomic E-state index is 9.02. The van der Waals surface area contributed by atoms with Gasteiger partial charge in [0.05, 0.1) is 18.4 Å². The average molecular weight is 238 g/mol. The fraction of sp³-hybridized carbons (Fsp3) is 0.133. The van der Waals surface area contributed by atoms with Crippen LogP contribution in [-0.4, -0.2) is 7.11 Å². The molecule has 0 aromatic heterocycles. The Hall–Kier alpha value is -2.47. The minimum Gasteiger partial charge on any atom is -0.496 e. The van der Waals surface area contributed by atoms with Crippen LogP contribution >= 0.6 is 0 Å². The fourth-order valence-electron chi connectivity index (χ4n) is 1.80. The summed E-state index contributed by atoms with van der Waals surface area (Å²) in [5.41, 5.74) is 3.43. The van der Waals surface area contributed by atoms with Crippen molar-refractivity contribution < 1.29 is 4.74 Å². The van der Waals surface area contributed by atoms with E-state index >= 15 is 0 Å². The van der Waals surface area contributed by atoms with E-state index in [1.165, 1.54) is 0 Å². The first-order valence-electron chi connectivity index (χ1n) is 5.65. The molecule has 0 aliphatic heterocycles. The van der Waals surface area contributed by atoms with E-state index in [0.29, 0.717) is 5.56 Å². The molecule has 0 aliphatic rings. The number of nitrogens with one attached hydrogen (secondary N) is 1. The molecule has 2 aromatic rings. The molecule has 1 N–H and O–H groups in total. The molecule has 0 fully saturated rings. The molecule has 0 atom stereocenters. The van der Waals surface area contributed by atoms with Crippen molar-refractivity contribution in [1.29, 1.82) is 5.26 Å². The van der Waals surface area contributed by atoms with Crippen molar-refractivity contribution in [3.63, 3.8) is 0 Å². The van der Waals surface area contributed by atoms with Gasteiger partial charge in [0.1, 0.15) is 11.8 Å². The number of anilines is 2. The summed E-state index contributed by atoms with van der Waals surface area (Å²) < 4.78 is 5.21. The van der Waals surface area contributed by atoms with Crippen molar-refractivity contribution in [3.8, 4) is 11.8 Å². The van der Waals surface area contributed by atoms with Crippen molar-refractivity contribution in [2.24, 2.45) is 0 Å². The van der Waals surface area contributed by atoms with Crippen LogP contribution in [0.15, 0.2) is 42.5 Å². The highest BCUT2D eigenvalue weighted by molar-refractivity contribution is 5.67. The topological polar surface area (TPSA) is 45.0 Å². The Bertz CT molecular complexity index is 600. The van der Waals surface area contributed by atoms with Crippen LogP contribution in [0.1, 0.15) is 11.1 Å². The van der Waals surface area contributed by atoms with E-state index in [0.717, 1.165) is 22.7 Å². The van der Waals surface area contributed by atoms with Gasteiger partial charge in [-0.2, -0.15) is 5.26 Å². The molecule has 0 bridgehead atoms. The molecule has 0 saturated heterocycles. The number of ether oxygens (including phenoxy) is 1. The maximum Gasteiger partial charge on any atom is 0.121 e. The third-order valence-corrected chi connectivity index (χ3v) is 2.72. The quantitative estimate of drug-likeness (QED) is 0.888. The van der Waals surface area contributed by atoms with Gasteiger partial charge in [0.15, 0.2) is 0 Å². The van der Waals surface area contributed by atoms with Crippen molar-refractivity contribution >= 4 is 11.4 Å². The van der Waals surface area contributed by atoms with Crippen molar-refractivity contribution in [2.75, 3.05) is 12.4 Å². The second-order valence-electron chi connectivity index (χ2n) is 3.97. The number of nitriles is 1. The number of para-hydroxylation sites is 1. The lowest BCUT2D eigenvalue weighted by Gasteiger charge is -2.10. The summed E-state index contributed by atoms with van der Waals surface area (Å²) in [7, 11) is 1.65. The smallest absolute Gasteiger partial charge is 0.121 e. The van der Waals surface area contributed by atoms with Gasteiger partial charge < -0.3 is 10.1 Å². The van der Waals surface area contributed by atoms with E-state index in [1.807, 2.05) is 43.3 Å². The van der Waals surface area contributed by atoms with E-state index in [9.17, 15) is 0 Å². The van der Waals surface area contributed by atoms with Gasteiger partial charge in [0.25, 0.3) is 0 Å². The molecule has 2 aromatic carbocycles. The van der Waals surface area contributed by atoms with E-state index in [2.05, 4.69) is 11.4 Å². The Labute approximate surface area is 107 Å². The third-order valence-electron chi connectivity index (χ3n) is 2.72. The Morgan fingerprint density at radius 1 is 1.17 bits per heavy atom. The van der Waals surface area contributed by atoms with Crippen molar-refractivity contribution in [1.82, 2.24) is 0 Å². The standard InChI is InChI=1S/C15H14N2O/c1-11-9-13(7-8-15(11)18-2)17-14-6-4-3-5-12(14)10-16/h3-9,17H,1-2H3. The minimum atomic E-state index is 0.631. The molecule has 0 heterocycles. The monoisotopic (exact) mass is 238 g/mol. The summed E-state index contributed by atoms with van der Waals surface area (Å²) >= 11 is 0. The summed E-state index contributed by atoms with van der Waals surface area (Å²) in [6, 6.07) is 15.4. The predicted molar refractivity (Wildman–Crippen MR) is 72.2 cm³/mol. The lowest BCUT2D eigenvalue weighted by molar-refractivity contribution is 0.412. The first kappa shape index (κ1) is 12.0. The number of hydrogen-bond acceptors (Lipinski definition) is 3. The average Bonchev–Trinajstić information content (AvgIpc) is 2.39. The molecular formula is C15H14N2O. The molecule has 0 radical (unpaired) electrons. The zero-order valence-electron chi connectivity index (χ0n) is 10.4. The Morgan fingerprint density at radius 3 is 2.61 bits per heavy atom. The minimum absolute atomic E-state index is 0.631. The van der Waals surface area contributed by atoms with Crippen LogP contribution in [0.5, 0.6) is 5.75 Å². The Balaban J connectivity index is 2.29. The molecule has 3 heteroatoms. The summed E-state index contributed by atoms with van der Waals surface area (Å²) in [4.78, 5) is 0. The van der Waals surface area contributed by atoms with Crippen LogP contribution < -0.4 is 10.1 Å². The molecule has 2 rings (SSSR count). The van der Waals surface area contributed by atoms with Gasteiger partial charge in [-0.3, -0.25) is 0 Å². The van der Waals surface area contributed by atoms with Gasteiger partial charge in [-0.1, -0.05) is 12.1 Å². The molecule has 90 valence electrons. The second kappa shape index (κ2) is 5.24. The molecule has 0 unspecified atom stereocenters. The first-order valence-corrected chi connectivity index (χ1v) is 5.65. The van der Waals surface area contributed by atoms with Crippen LogP contribution in [-0.2, 0) is 0 Å². The fourth-order valence-corrected chi connectivity index (χ4v) is 1.80. The van der Waals surface area contributed by atoms with E-state index in [4.69, 9.17) is 10.00 Å². The van der Waals surface area contributed by atoms with Crippen molar-refractivity contribution in [3.05, 3.63) is 53.6 Å². The molecule has 0 aliphatic carbocycles. The lowest BCUT2D eigenvalue weighted by Crippen LogP contribution is -1.95. The number of aryl methyl sites for hydroxylation is 1. The molecule has 18 heavy (non-hydrogen) atoms. The first-order chi connectivity index (χ1) is 8.74. The van der Waals surface area contributed by atoms with E-state index in [1.54, 1.807) is 13.2 Å². The second-order valence-corrected chi connectivity index (χ2v) is 3.97. The number of benzene rings is 2. The Kier molecular flexibility index (Phi) is 3.49. The van der Waals surface area contributed by atoms with Gasteiger partial charge in [0, 0.05) is 5.69 Å². The summed E-state index contributed by atoms with van der Waals surface area (Å²) in [6.45, 7) is 1.99. The van der Waals surface area contributed by atoms with Crippen LogP contribution in [0.3, 0.4) is 0 Å². The lowest BCUT2D eigenvalue weighted by atomic mass is 10.1. The van der Waals surface area contributed by atoms with Crippen molar-refractivity contribution in [2.45, 2.75) is 6.92 Å². The highest BCUT2D eigenvalue weighted by Crippen LogP contribution is 2.25. The van der Waals surface area contributed by atoms with Gasteiger partial charge in [-0.05, 0) is 42.8 Å².